The second-order valence-electron chi connectivity index (χ2n) is 4.52. The predicted octanol–water partition coefficient (Wildman–Crippen LogP) is 2.08. The van der Waals surface area contributed by atoms with E-state index in [1.165, 1.54) is 11.8 Å². The van der Waals surface area contributed by atoms with Gasteiger partial charge in [-0.15, -0.1) is 5.10 Å². The van der Waals surface area contributed by atoms with Gasteiger partial charge >= 0.3 is 0 Å². The molecule has 3 heterocycles. The molecule has 1 aliphatic heterocycles. The van der Waals surface area contributed by atoms with Crippen LogP contribution in [-0.2, 0) is 5.75 Å². The molecule has 0 atom stereocenters. The van der Waals surface area contributed by atoms with E-state index in [0.717, 1.165) is 17.1 Å². The van der Waals surface area contributed by atoms with Gasteiger partial charge in [-0.2, -0.15) is 4.68 Å². The van der Waals surface area contributed by atoms with Gasteiger partial charge < -0.3 is 9.47 Å². The van der Waals surface area contributed by atoms with Crippen LogP contribution in [0.15, 0.2) is 47.8 Å². The van der Waals surface area contributed by atoms with Crippen LogP contribution >= 0.6 is 11.8 Å². The number of aromatic nitrogens is 5. The molecule has 3 aromatic rings. The Bertz CT molecular complexity index is 793. The molecule has 110 valence electrons. The van der Waals surface area contributed by atoms with Crippen LogP contribution in [0, 0.1) is 0 Å². The standard InChI is InChI=1S/C14H11N5O2S/c1-2-6-15-10(3-1)8-22-14-16-17-18-19(14)11-4-5-12-13(7-11)21-9-20-12/h1-7H,8-9H2. The molecule has 2 aromatic heterocycles. The first-order valence-corrected chi connectivity index (χ1v) is 7.60. The molecule has 1 aliphatic rings. The molecule has 0 amide bonds. The molecule has 0 aliphatic carbocycles. The maximum atomic E-state index is 5.39. The lowest BCUT2D eigenvalue weighted by Gasteiger charge is -2.05. The van der Waals surface area contributed by atoms with Crippen LogP contribution in [0.2, 0.25) is 0 Å². The van der Waals surface area contributed by atoms with Crippen LogP contribution in [0.5, 0.6) is 11.5 Å². The SMILES string of the molecule is c1ccc(CSc2nnnn2-c2ccc3c(c2)OCO3)nc1. The van der Waals surface area contributed by atoms with E-state index in [4.69, 9.17) is 9.47 Å². The van der Waals surface area contributed by atoms with Crippen LogP contribution in [0.3, 0.4) is 0 Å². The van der Waals surface area contributed by atoms with Crippen LogP contribution in [0.1, 0.15) is 5.69 Å². The third kappa shape index (κ3) is 2.48. The van der Waals surface area contributed by atoms with Crippen LogP contribution in [-0.4, -0.2) is 32.0 Å². The van der Waals surface area contributed by atoms with Crippen LogP contribution in [0.4, 0.5) is 0 Å². The molecule has 0 unspecified atom stereocenters. The summed E-state index contributed by atoms with van der Waals surface area (Å²) in [5.41, 5.74) is 1.81. The third-order valence-corrected chi connectivity index (χ3v) is 4.07. The highest BCUT2D eigenvalue weighted by Gasteiger charge is 2.16. The fraction of sp³-hybridized carbons (Fsp3) is 0.143. The highest BCUT2D eigenvalue weighted by atomic mass is 32.2. The van der Waals surface area contributed by atoms with Gasteiger partial charge in [0.2, 0.25) is 11.9 Å². The van der Waals surface area contributed by atoms with E-state index in [9.17, 15) is 0 Å². The first-order chi connectivity index (χ1) is 10.9. The average Bonchev–Trinajstić information content (AvgIpc) is 3.22. The summed E-state index contributed by atoms with van der Waals surface area (Å²) in [4.78, 5) is 4.29. The zero-order chi connectivity index (χ0) is 14.8. The van der Waals surface area contributed by atoms with Gasteiger partial charge in [0.1, 0.15) is 0 Å². The highest BCUT2D eigenvalue weighted by molar-refractivity contribution is 7.98. The van der Waals surface area contributed by atoms with Crippen molar-refractivity contribution in [3.63, 3.8) is 0 Å². The Labute approximate surface area is 130 Å². The number of hydrogen-bond acceptors (Lipinski definition) is 7. The normalized spacial score (nSPS) is 12.5. The van der Waals surface area contributed by atoms with E-state index in [0.29, 0.717) is 16.7 Å². The van der Waals surface area contributed by atoms with Crippen LogP contribution in [0.25, 0.3) is 5.69 Å². The van der Waals surface area contributed by atoms with Gasteiger partial charge in [-0.1, -0.05) is 17.8 Å². The first-order valence-electron chi connectivity index (χ1n) is 6.61. The molecule has 0 fully saturated rings. The molecule has 22 heavy (non-hydrogen) atoms. The Morgan fingerprint density at radius 3 is 3.00 bits per heavy atom. The molecule has 0 saturated carbocycles. The Morgan fingerprint density at radius 2 is 2.09 bits per heavy atom. The predicted molar refractivity (Wildman–Crippen MR) is 79.1 cm³/mol. The Hall–Kier alpha value is -2.61. The first kappa shape index (κ1) is 13.1. The summed E-state index contributed by atoms with van der Waals surface area (Å²) in [7, 11) is 0. The molecule has 7 nitrogen and oxygen atoms in total. The number of ether oxygens (including phenoxy) is 2. The third-order valence-electron chi connectivity index (χ3n) is 3.12. The number of pyridine rings is 1. The fourth-order valence-corrected chi connectivity index (χ4v) is 2.88. The lowest BCUT2D eigenvalue weighted by atomic mass is 10.3. The van der Waals surface area contributed by atoms with E-state index >= 15 is 0 Å². The zero-order valence-electron chi connectivity index (χ0n) is 11.4. The monoisotopic (exact) mass is 313 g/mol. The van der Waals surface area contributed by atoms with Crippen molar-refractivity contribution in [2.24, 2.45) is 0 Å². The number of fused-ring (bicyclic) bond motifs is 1. The summed E-state index contributed by atoms with van der Waals surface area (Å²) in [6, 6.07) is 11.4. The Kier molecular flexibility index (Phi) is 3.36. The van der Waals surface area contributed by atoms with Crippen molar-refractivity contribution in [3.8, 4) is 17.2 Å². The zero-order valence-corrected chi connectivity index (χ0v) is 12.2. The van der Waals surface area contributed by atoms with Crippen molar-refractivity contribution in [2.45, 2.75) is 10.9 Å². The molecule has 0 spiro atoms. The molecule has 0 saturated heterocycles. The molecule has 0 N–H and O–H groups in total. The minimum absolute atomic E-state index is 0.246. The highest BCUT2D eigenvalue weighted by Crippen LogP contribution is 2.34. The maximum absolute atomic E-state index is 5.39. The fourth-order valence-electron chi connectivity index (χ4n) is 2.07. The summed E-state index contributed by atoms with van der Waals surface area (Å²) in [6.07, 6.45) is 1.77. The number of hydrogen-bond donors (Lipinski definition) is 0. The van der Waals surface area contributed by atoms with E-state index in [-0.39, 0.29) is 6.79 Å². The van der Waals surface area contributed by atoms with E-state index in [1.54, 1.807) is 10.9 Å². The Balaban J connectivity index is 1.57. The minimum atomic E-state index is 0.246. The van der Waals surface area contributed by atoms with Crippen LogP contribution < -0.4 is 9.47 Å². The van der Waals surface area contributed by atoms with E-state index in [1.807, 2.05) is 36.4 Å². The average molecular weight is 313 g/mol. The van der Waals surface area contributed by atoms with Gasteiger partial charge in [0.25, 0.3) is 0 Å². The van der Waals surface area contributed by atoms with E-state index < -0.39 is 0 Å². The molecule has 0 bridgehead atoms. The molecule has 8 heteroatoms. The topological polar surface area (TPSA) is 75.0 Å². The number of nitrogens with zero attached hydrogens (tertiary/aromatic N) is 5. The molecular formula is C14H11N5O2S. The van der Waals surface area contributed by atoms with Gasteiger partial charge in [-0.25, -0.2) is 0 Å². The van der Waals surface area contributed by atoms with E-state index in [2.05, 4.69) is 20.5 Å². The molecule has 1 aromatic carbocycles. The summed E-state index contributed by atoms with van der Waals surface area (Å²) in [5.74, 6) is 2.14. The summed E-state index contributed by atoms with van der Waals surface area (Å²) in [6.45, 7) is 0.246. The maximum Gasteiger partial charge on any atom is 0.231 e. The largest absolute Gasteiger partial charge is 0.454 e. The van der Waals surface area contributed by atoms with Gasteiger partial charge in [-0.3, -0.25) is 4.98 Å². The van der Waals surface area contributed by atoms with Gasteiger partial charge in [-0.05, 0) is 34.7 Å². The number of rotatable bonds is 4. The second kappa shape index (κ2) is 5.64. The quantitative estimate of drug-likeness (QED) is 0.683. The lowest BCUT2D eigenvalue weighted by Crippen LogP contribution is -1.99. The van der Waals surface area contributed by atoms with Crippen molar-refractivity contribution in [3.05, 3.63) is 48.3 Å². The summed E-state index contributed by atoms with van der Waals surface area (Å²) in [5, 5.41) is 12.6. The number of tetrazole rings is 1. The molecule has 4 rings (SSSR count). The molecule has 0 radical (unpaired) electrons. The summed E-state index contributed by atoms with van der Waals surface area (Å²) >= 11 is 1.53. The number of thioether (sulfide) groups is 1. The Morgan fingerprint density at radius 1 is 1.14 bits per heavy atom. The molecular weight excluding hydrogens is 302 g/mol. The van der Waals surface area contributed by atoms with Gasteiger partial charge in [0, 0.05) is 18.0 Å². The lowest BCUT2D eigenvalue weighted by molar-refractivity contribution is 0.174. The van der Waals surface area contributed by atoms with Gasteiger partial charge in [0.05, 0.1) is 11.4 Å². The summed E-state index contributed by atoms with van der Waals surface area (Å²) < 4.78 is 12.4. The van der Waals surface area contributed by atoms with Crippen molar-refractivity contribution in [1.29, 1.82) is 0 Å². The van der Waals surface area contributed by atoms with Crippen molar-refractivity contribution in [2.75, 3.05) is 6.79 Å². The van der Waals surface area contributed by atoms with Crippen molar-refractivity contribution in [1.82, 2.24) is 25.2 Å². The van der Waals surface area contributed by atoms with Crippen molar-refractivity contribution >= 4 is 11.8 Å². The minimum Gasteiger partial charge on any atom is -0.454 e. The van der Waals surface area contributed by atoms with Crippen molar-refractivity contribution < 1.29 is 9.47 Å². The smallest absolute Gasteiger partial charge is 0.231 e. The number of benzene rings is 1. The second-order valence-corrected chi connectivity index (χ2v) is 5.46. The van der Waals surface area contributed by atoms with Gasteiger partial charge in [0.15, 0.2) is 11.5 Å².